The van der Waals surface area contributed by atoms with Crippen LogP contribution in [0.4, 0.5) is 20.6 Å². The summed E-state index contributed by atoms with van der Waals surface area (Å²) in [6.45, 7) is 5.25. The number of carbonyl (C=O) groups is 2. The van der Waals surface area contributed by atoms with Crippen LogP contribution in [0.1, 0.15) is 12.5 Å². The first-order chi connectivity index (χ1) is 13.5. The molecule has 28 heavy (non-hydrogen) atoms. The number of hydrogen-bond acceptors (Lipinski definition) is 3. The lowest BCUT2D eigenvalue weighted by atomic mass is 10.1. The third-order valence-corrected chi connectivity index (χ3v) is 4.72. The lowest BCUT2D eigenvalue weighted by Gasteiger charge is -2.34. The van der Waals surface area contributed by atoms with Crippen molar-refractivity contribution in [2.24, 2.45) is 0 Å². The first kappa shape index (κ1) is 19.8. The number of benzene rings is 2. The normalized spacial score (nSPS) is 14.6. The van der Waals surface area contributed by atoms with Crippen LogP contribution in [0.2, 0.25) is 0 Å². The van der Waals surface area contributed by atoms with E-state index in [4.69, 9.17) is 0 Å². The number of piperazine rings is 1. The Hall–Kier alpha value is -2.93. The molecule has 1 aliphatic rings. The molecule has 148 valence electrons. The highest BCUT2D eigenvalue weighted by Crippen LogP contribution is 2.16. The zero-order valence-electron chi connectivity index (χ0n) is 16.0. The minimum absolute atomic E-state index is 0.141. The molecule has 2 N–H and O–H groups in total. The molecule has 1 heterocycles. The van der Waals surface area contributed by atoms with Gasteiger partial charge in [0.15, 0.2) is 0 Å². The number of anilines is 2. The molecule has 6 nitrogen and oxygen atoms in total. The second-order valence-electron chi connectivity index (χ2n) is 6.90. The summed E-state index contributed by atoms with van der Waals surface area (Å²) in [5, 5.41) is 5.59. The Morgan fingerprint density at radius 2 is 1.61 bits per heavy atom. The van der Waals surface area contributed by atoms with Crippen molar-refractivity contribution in [3.8, 4) is 0 Å². The van der Waals surface area contributed by atoms with Gasteiger partial charge >= 0.3 is 6.03 Å². The molecule has 2 aromatic rings. The van der Waals surface area contributed by atoms with Crippen molar-refractivity contribution in [3.05, 3.63) is 59.9 Å². The summed E-state index contributed by atoms with van der Waals surface area (Å²) in [5.41, 5.74) is 2.41. The summed E-state index contributed by atoms with van der Waals surface area (Å²) in [6, 6.07) is 13.5. The van der Waals surface area contributed by atoms with Gasteiger partial charge < -0.3 is 15.5 Å². The molecule has 1 aliphatic heterocycles. The van der Waals surface area contributed by atoms with E-state index in [1.165, 1.54) is 19.1 Å². The van der Waals surface area contributed by atoms with Crippen LogP contribution >= 0.6 is 0 Å². The molecule has 0 unspecified atom stereocenters. The van der Waals surface area contributed by atoms with Crippen molar-refractivity contribution in [1.82, 2.24) is 9.80 Å². The molecule has 0 atom stereocenters. The largest absolute Gasteiger partial charge is 0.326 e. The highest BCUT2D eigenvalue weighted by molar-refractivity contribution is 5.92. The zero-order valence-corrected chi connectivity index (χ0v) is 16.0. The molecule has 0 radical (unpaired) electrons. The molecule has 3 rings (SSSR count). The predicted octanol–water partition coefficient (Wildman–Crippen LogP) is 3.18. The molecule has 0 bridgehead atoms. The smallest absolute Gasteiger partial charge is 0.321 e. The van der Waals surface area contributed by atoms with Gasteiger partial charge in [0.1, 0.15) is 5.82 Å². The summed E-state index contributed by atoms with van der Waals surface area (Å²) < 4.78 is 13.0. The van der Waals surface area contributed by atoms with Crippen molar-refractivity contribution in [2.75, 3.05) is 43.4 Å². The minimum Gasteiger partial charge on any atom is -0.326 e. The molecular formula is C21H25FN4O2. The van der Waals surface area contributed by atoms with Crippen LogP contribution in [-0.2, 0) is 11.2 Å². The standard InChI is InChI=1S/C21H25FN4O2/c1-16(27)23-19-3-2-4-20(15-19)24-21(28)26-13-11-25(12-14-26)10-9-17-5-7-18(22)8-6-17/h2-8,15H,9-14H2,1H3,(H,23,27)(H,24,28). The molecular weight excluding hydrogens is 359 g/mol. The number of carbonyl (C=O) groups excluding carboxylic acids is 2. The van der Waals surface area contributed by atoms with E-state index in [0.29, 0.717) is 24.5 Å². The summed E-state index contributed by atoms with van der Waals surface area (Å²) in [4.78, 5) is 27.7. The number of nitrogens with one attached hydrogen (secondary N) is 2. The Morgan fingerprint density at radius 3 is 2.25 bits per heavy atom. The van der Waals surface area contributed by atoms with E-state index < -0.39 is 0 Å². The highest BCUT2D eigenvalue weighted by Gasteiger charge is 2.21. The average molecular weight is 384 g/mol. The fraction of sp³-hybridized carbons (Fsp3) is 0.333. The van der Waals surface area contributed by atoms with Crippen molar-refractivity contribution in [2.45, 2.75) is 13.3 Å². The maximum atomic E-state index is 13.0. The monoisotopic (exact) mass is 384 g/mol. The summed E-state index contributed by atoms with van der Waals surface area (Å²) in [6.07, 6.45) is 0.864. The molecule has 1 saturated heterocycles. The third-order valence-electron chi connectivity index (χ3n) is 4.72. The molecule has 3 amide bonds. The molecule has 0 spiro atoms. The Kier molecular flexibility index (Phi) is 6.60. The molecule has 7 heteroatoms. The van der Waals surface area contributed by atoms with Crippen LogP contribution in [0.25, 0.3) is 0 Å². The lowest BCUT2D eigenvalue weighted by molar-refractivity contribution is -0.114. The fourth-order valence-electron chi connectivity index (χ4n) is 3.19. The summed E-state index contributed by atoms with van der Waals surface area (Å²) in [5.74, 6) is -0.369. The van der Waals surface area contributed by atoms with Gasteiger partial charge in [-0.3, -0.25) is 9.69 Å². The highest BCUT2D eigenvalue weighted by atomic mass is 19.1. The van der Waals surface area contributed by atoms with Gasteiger partial charge in [-0.15, -0.1) is 0 Å². The second-order valence-corrected chi connectivity index (χ2v) is 6.90. The predicted molar refractivity (Wildman–Crippen MR) is 108 cm³/mol. The van der Waals surface area contributed by atoms with Crippen molar-refractivity contribution < 1.29 is 14.0 Å². The van der Waals surface area contributed by atoms with Gasteiger partial charge in [0, 0.05) is 51.0 Å². The van der Waals surface area contributed by atoms with Crippen molar-refractivity contribution in [3.63, 3.8) is 0 Å². The van der Waals surface area contributed by atoms with E-state index in [0.717, 1.165) is 31.6 Å². The van der Waals surface area contributed by atoms with Crippen LogP contribution in [0.5, 0.6) is 0 Å². The van der Waals surface area contributed by atoms with Crippen LogP contribution in [-0.4, -0.2) is 54.5 Å². The Balaban J connectivity index is 1.44. The summed E-state index contributed by atoms with van der Waals surface area (Å²) >= 11 is 0. The molecule has 2 aromatic carbocycles. The van der Waals surface area contributed by atoms with Gasteiger partial charge in [-0.2, -0.15) is 0 Å². The van der Waals surface area contributed by atoms with Gasteiger partial charge in [-0.1, -0.05) is 18.2 Å². The Morgan fingerprint density at radius 1 is 0.964 bits per heavy atom. The SMILES string of the molecule is CC(=O)Nc1cccc(NC(=O)N2CCN(CCc3ccc(F)cc3)CC2)c1. The molecule has 0 saturated carbocycles. The number of nitrogens with zero attached hydrogens (tertiary/aromatic N) is 2. The van der Waals surface area contributed by atoms with E-state index >= 15 is 0 Å². The van der Waals surface area contributed by atoms with Gasteiger partial charge in [0.05, 0.1) is 0 Å². The van der Waals surface area contributed by atoms with Gasteiger partial charge in [0.25, 0.3) is 0 Å². The fourth-order valence-corrected chi connectivity index (χ4v) is 3.19. The first-order valence-corrected chi connectivity index (χ1v) is 9.40. The van der Waals surface area contributed by atoms with E-state index in [2.05, 4.69) is 15.5 Å². The Labute approximate surface area is 164 Å². The summed E-state index contributed by atoms with van der Waals surface area (Å²) in [7, 11) is 0. The number of rotatable bonds is 5. The third kappa shape index (κ3) is 5.79. The van der Waals surface area contributed by atoms with Crippen LogP contribution in [0.3, 0.4) is 0 Å². The number of urea groups is 1. The average Bonchev–Trinajstić information content (AvgIpc) is 2.68. The second kappa shape index (κ2) is 9.32. The quantitative estimate of drug-likeness (QED) is 0.832. The maximum Gasteiger partial charge on any atom is 0.321 e. The Bertz CT molecular complexity index is 817. The molecule has 0 aromatic heterocycles. The van der Waals surface area contributed by atoms with Gasteiger partial charge in [0.2, 0.25) is 5.91 Å². The van der Waals surface area contributed by atoms with Gasteiger partial charge in [-0.05, 0) is 42.3 Å². The molecule has 0 aliphatic carbocycles. The maximum absolute atomic E-state index is 13.0. The number of hydrogen-bond donors (Lipinski definition) is 2. The zero-order chi connectivity index (χ0) is 19.9. The van der Waals surface area contributed by atoms with Crippen LogP contribution in [0.15, 0.2) is 48.5 Å². The van der Waals surface area contributed by atoms with Gasteiger partial charge in [-0.25, -0.2) is 9.18 Å². The number of halogens is 1. The van der Waals surface area contributed by atoms with E-state index in [9.17, 15) is 14.0 Å². The van der Waals surface area contributed by atoms with E-state index in [1.54, 1.807) is 29.2 Å². The van der Waals surface area contributed by atoms with Crippen molar-refractivity contribution in [1.29, 1.82) is 0 Å². The van der Waals surface area contributed by atoms with Crippen LogP contribution < -0.4 is 10.6 Å². The van der Waals surface area contributed by atoms with E-state index in [1.807, 2.05) is 12.1 Å². The number of amides is 3. The van der Waals surface area contributed by atoms with Crippen LogP contribution in [0, 0.1) is 5.82 Å². The first-order valence-electron chi connectivity index (χ1n) is 9.40. The topological polar surface area (TPSA) is 64.7 Å². The molecule has 1 fully saturated rings. The lowest BCUT2D eigenvalue weighted by Crippen LogP contribution is -2.50. The van der Waals surface area contributed by atoms with Crippen molar-refractivity contribution >= 4 is 23.3 Å². The van der Waals surface area contributed by atoms with E-state index in [-0.39, 0.29) is 17.8 Å². The minimum atomic E-state index is -0.217.